The number of hydrogen-bond acceptors (Lipinski definition) is 3. The Hall–Kier alpha value is -1.10. The molecule has 1 N–H and O–H groups in total. The number of amides is 1. The lowest BCUT2D eigenvalue weighted by molar-refractivity contribution is -0.144. The Balaban J connectivity index is 2.51. The minimum Gasteiger partial charge on any atom is -0.480 e. The summed E-state index contributed by atoms with van der Waals surface area (Å²) >= 11 is 0. The lowest BCUT2D eigenvalue weighted by Gasteiger charge is -2.27. The molecule has 1 unspecified atom stereocenters. The molecule has 0 aromatic carbocycles. The first-order valence-corrected chi connectivity index (χ1v) is 6.23. The van der Waals surface area contributed by atoms with Crippen molar-refractivity contribution in [3.63, 3.8) is 0 Å². The SMILES string of the molecule is CCC(C(=O)O)N(C)CC(=O)N(CC)C1CC1. The maximum Gasteiger partial charge on any atom is 0.320 e. The van der Waals surface area contributed by atoms with Crippen LogP contribution in [0.4, 0.5) is 0 Å². The van der Waals surface area contributed by atoms with E-state index in [2.05, 4.69) is 0 Å². The van der Waals surface area contributed by atoms with Crippen LogP contribution < -0.4 is 0 Å². The zero-order chi connectivity index (χ0) is 13.0. The van der Waals surface area contributed by atoms with E-state index in [1.165, 1.54) is 0 Å². The maximum absolute atomic E-state index is 12.0. The van der Waals surface area contributed by atoms with E-state index >= 15 is 0 Å². The van der Waals surface area contributed by atoms with Crippen molar-refractivity contribution in [1.29, 1.82) is 0 Å². The number of carbonyl (C=O) groups excluding carboxylic acids is 1. The van der Waals surface area contributed by atoms with Gasteiger partial charge in [0.25, 0.3) is 0 Å². The van der Waals surface area contributed by atoms with Crippen molar-refractivity contribution in [2.75, 3.05) is 20.1 Å². The number of carboxylic acid groups (broad SMARTS) is 1. The molecule has 0 saturated heterocycles. The Morgan fingerprint density at radius 2 is 1.94 bits per heavy atom. The first kappa shape index (κ1) is 14.0. The lowest BCUT2D eigenvalue weighted by Crippen LogP contribution is -2.46. The molecular formula is C12H22N2O3. The lowest BCUT2D eigenvalue weighted by atomic mass is 10.2. The molecule has 5 heteroatoms. The molecule has 5 nitrogen and oxygen atoms in total. The number of nitrogens with zero attached hydrogens (tertiary/aromatic N) is 2. The molecule has 1 rings (SSSR count). The van der Waals surface area contributed by atoms with Gasteiger partial charge in [0.2, 0.25) is 5.91 Å². The molecule has 98 valence electrons. The van der Waals surface area contributed by atoms with Gasteiger partial charge in [-0.3, -0.25) is 14.5 Å². The van der Waals surface area contributed by atoms with Gasteiger partial charge >= 0.3 is 5.97 Å². The van der Waals surface area contributed by atoms with Crippen LogP contribution in [-0.2, 0) is 9.59 Å². The summed E-state index contributed by atoms with van der Waals surface area (Å²) in [5.74, 6) is -0.825. The molecule has 1 aliphatic carbocycles. The van der Waals surface area contributed by atoms with Crippen LogP contribution in [0.25, 0.3) is 0 Å². The Kier molecular flexibility index (Phi) is 4.93. The van der Waals surface area contributed by atoms with E-state index in [9.17, 15) is 9.59 Å². The van der Waals surface area contributed by atoms with Crippen LogP contribution >= 0.6 is 0 Å². The summed E-state index contributed by atoms with van der Waals surface area (Å²) in [5, 5.41) is 9.01. The molecule has 0 bridgehead atoms. The van der Waals surface area contributed by atoms with Crippen LogP contribution in [0.5, 0.6) is 0 Å². The number of likely N-dealkylation sites (N-methyl/N-ethyl adjacent to an activating group) is 2. The number of carboxylic acids is 1. The van der Waals surface area contributed by atoms with E-state index in [4.69, 9.17) is 5.11 Å². The van der Waals surface area contributed by atoms with Crippen molar-refractivity contribution in [2.24, 2.45) is 0 Å². The first-order chi connectivity index (χ1) is 8.01. The number of hydrogen-bond donors (Lipinski definition) is 1. The van der Waals surface area contributed by atoms with Gasteiger partial charge in [-0.2, -0.15) is 0 Å². The highest BCUT2D eigenvalue weighted by molar-refractivity contribution is 5.80. The molecule has 1 atom stereocenters. The molecular weight excluding hydrogens is 220 g/mol. The minimum atomic E-state index is -0.864. The van der Waals surface area contributed by atoms with Gasteiger partial charge < -0.3 is 10.0 Å². The topological polar surface area (TPSA) is 60.9 Å². The Labute approximate surface area is 102 Å². The highest BCUT2D eigenvalue weighted by Gasteiger charge is 2.32. The summed E-state index contributed by atoms with van der Waals surface area (Å²) in [7, 11) is 1.70. The van der Waals surface area contributed by atoms with E-state index in [1.54, 1.807) is 11.9 Å². The zero-order valence-electron chi connectivity index (χ0n) is 10.8. The van der Waals surface area contributed by atoms with Gasteiger partial charge in [-0.25, -0.2) is 0 Å². The average molecular weight is 242 g/mol. The number of rotatable bonds is 7. The molecule has 0 radical (unpaired) electrons. The molecule has 1 saturated carbocycles. The Bertz CT molecular complexity index is 289. The molecule has 0 aromatic heterocycles. The molecule has 0 spiro atoms. The minimum absolute atomic E-state index is 0.0391. The molecule has 1 amide bonds. The Morgan fingerprint density at radius 3 is 2.29 bits per heavy atom. The Morgan fingerprint density at radius 1 is 1.35 bits per heavy atom. The van der Waals surface area contributed by atoms with Gasteiger partial charge in [0, 0.05) is 12.6 Å². The second-order valence-corrected chi connectivity index (χ2v) is 4.59. The molecule has 1 aliphatic rings. The fraction of sp³-hybridized carbons (Fsp3) is 0.833. The first-order valence-electron chi connectivity index (χ1n) is 6.23. The zero-order valence-corrected chi connectivity index (χ0v) is 10.8. The van der Waals surface area contributed by atoms with Crippen LogP contribution in [0.15, 0.2) is 0 Å². The third-order valence-electron chi connectivity index (χ3n) is 3.24. The van der Waals surface area contributed by atoms with Gasteiger partial charge in [0.15, 0.2) is 0 Å². The molecule has 1 fully saturated rings. The van der Waals surface area contributed by atoms with Crippen molar-refractivity contribution in [3.8, 4) is 0 Å². The average Bonchev–Trinajstić information content (AvgIpc) is 3.03. The van der Waals surface area contributed by atoms with Gasteiger partial charge in [-0.05, 0) is 33.2 Å². The smallest absolute Gasteiger partial charge is 0.320 e. The van der Waals surface area contributed by atoms with Crippen molar-refractivity contribution >= 4 is 11.9 Å². The summed E-state index contributed by atoms with van der Waals surface area (Å²) in [6.45, 7) is 4.68. The fourth-order valence-corrected chi connectivity index (χ4v) is 2.11. The largest absolute Gasteiger partial charge is 0.480 e. The van der Waals surface area contributed by atoms with Crippen molar-refractivity contribution in [1.82, 2.24) is 9.80 Å². The van der Waals surface area contributed by atoms with E-state index in [0.717, 1.165) is 12.8 Å². The van der Waals surface area contributed by atoms with Gasteiger partial charge in [-0.15, -0.1) is 0 Å². The van der Waals surface area contributed by atoms with Crippen LogP contribution in [0, 0.1) is 0 Å². The second kappa shape index (κ2) is 6.00. The quantitative estimate of drug-likeness (QED) is 0.717. The van der Waals surface area contributed by atoms with Crippen molar-refractivity contribution in [2.45, 2.75) is 45.2 Å². The molecule has 17 heavy (non-hydrogen) atoms. The summed E-state index contributed by atoms with van der Waals surface area (Å²) in [6, 6.07) is -0.178. The van der Waals surface area contributed by atoms with E-state index < -0.39 is 12.0 Å². The van der Waals surface area contributed by atoms with Crippen LogP contribution in [0.1, 0.15) is 33.1 Å². The fourth-order valence-electron chi connectivity index (χ4n) is 2.11. The maximum atomic E-state index is 12.0. The molecule has 0 aliphatic heterocycles. The number of aliphatic carboxylic acids is 1. The summed E-state index contributed by atoms with van der Waals surface area (Å²) in [6.07, 6.45) is 2.67. The predicted molar refractivity (Wildman–Crippen MR) is 64.8 cm³/mol. The van der Waals surface area contributed by atoms with Gasteiger partial charge in [0.1, 0.15) is 6.04 Å². The van der Waals surface area contributed by atoms with E-state index in [0.29, 0.717) is 19.0 Å². The third-order valence-corrected chi connectivity index (χ3v) is 3.24. The second-order valence-electron chi connectivity index (χ2n) is 4.59. The highest BCUT2D eigenvalue weighted by Crippen LogP contribution is 2.26. The van der Waals surface area contributed by atoms with E-state index in [-0.39, 0.29) is 12.5 Å². The van der Waals surface area contributed by atoms with Crippen LogP contribution in [-0.4, -0.2) is 59.0 Å². The van der Waals surface area contributed by atoms with Gasteiger partial charge in [0.05, 0.1) is 6.54 Å². The summed E-state index contributed by atoms with van der Waals surface area (Å²) in [4.78, 5) is 26.4. The molecule has 0 heterocycles. The van der Waals surface area contributed by atoms with Crippen molar-refractivity contribution < 1.29 is 14.7 Å². The molecule has 0 aromatic rings. The monoisotopic (exact) mass is 242 g/mol. The normalized spacial score (nSPS) is 16.9. The van der Waals surface area contributed by atoms with Crippen molar-refractivity contribution in [3.05, 3.63) is 0 Å². The summed E-state index contributed by atoms with van der Waals surface area (Å²) < 4.78 is 0. The van der Waals surface area contributed by atoms with Gasteiger partial charge in [-0.1, -0.05) is 6.92 Å². The standard InChI is InChI=1S/C12H22N2O3/c1-4-10(12(16)17)13(3)8-11(15)14(5-2)9-6-7-9/h9-10H,4-8H2,1-3H3,(H,16,17). The number of carbonyl (C=O) groups is 2. The summed E-state index contributed by atoms with van der Waals surface area (Å²) in [5.41, 5.74) is 0. The van der Waals surface area contributed by atoms with Crippen LogP contribution in [0.3, 0.4) is 0 Å². The predicted octanol–water partition coefficient (Wildman–Crippen LogP) is 0.792. The van der Waals surface area contributed by atoms with Crippen LogP contribution in [0.2, 0.25) is 0 Å². The third kappa shape index (κ3) is 3.70. The van der Waals surface area contributed by atoms with E-state index in [1.807, 2.05) is 18.7 Å². The highest BCUT2D eigenvalue weighted by atomic mass is 16.4.